The van der Waals surface area contributed by atoms with E-state index < -0.39 is 0 Å². The minimum atomic E-state index is 0.201. The molecule has 0 saturated carbocycles. The average Bonchev–Trinajstić information content (AvgIpc) is 2.35. The van der Waals surface area contributed by atoms with E-state index in [1.165, 1.54) is 25.9 Å². The van der Waals surface area contributed by atoms with Gasteiger partial charge in [-0.2, -0.15) is 0 Å². The summed E-state index contributed by atoms with van der Waals surface area (Å²) in [7, 11) is 0. The maximum absolute atomic E-state index is 6.30. The topological polar surface area (TPSA) is 32.5 Å². The van der Waals surface area contributed by atoms with Crippen molar-refractivity contribution in [2.45, 2.75) is 72.4 Å². The molecule has 1 aliphatic rings. The monoisotopic (exact) mass is 297 g/mol. The number of rotatable bonds is 6. The summed E-state index contributed by atoms with van der Waals surface area (Å²) in [5, 5.41) is 0. The second-order valence-electron chi connectivity index (χ2n) is 8.77. The van der Waals surface area contributed by atoms with Crippen molar-refractivity contribution in [2.24, 2.45) is 17.6 Å². The third-order valence-corrected chi connectivity index (χ3v) is 4.86. The third kappa shape index (κ3) is 5.22. The molecule has 2 N–H and O–H groups in total. The van der Waals surface area contributed by atoms with E-state index >= 15 is 0 Å². The molecular weight excluding hydrogens is 258 g/mol. The second kappa shape index (κ2) is 7.43. The van der Waals surface area contributed by atoms with Gasteiger partial charge >= 0.3 is 0 Å². The van der Waals surface area contributed by atoms with Crippen LogP contribution in [0.25, 0.3) is 0 Å². The Labute approximate surface area is 133 Å². The van der Waals surface area contributed by atoms with Gasteiger partial charge in [-0.1, -0.05) is 27.7 Å². The molecule has 1 heterocycles. The predicted molar refractivity (Wildman–Crippen MR) is 93.6 cm³/mol. The lowest BCUT2D eigenvalue weighted by molar-refractivity contribution is -0.0138. The molecule has 0 spiro atoms. The molecule has 1 rings (SSSR count). The molecule has 1 aliphatic heterocycles. The molecule has 1 fully saturated rings. The van der Waals surface area contributed by atoms with E-state index in [1.807, 2.05) is 0 Å². The van der Waals surface area contributed by atoms with Crippen LogP contribution < -0.4 is 5.73 Å². The van der Waals surface area contributed by atoms with Gasteiger partial charge in [0.1, 0.15) is 0 Å². The van der Waals surface area contributed by atoms with Gasteiger partial charge < -0.3 is 5.73 Å². The molecular formula is C18H39N3. The van der Waals surface area contributed by atoms with E-state index in [-0.39, 0.29) is 11.1 Å². The molecule has 0 radical (unpaired) electrons. The van der Waals surface area contributed by atoms with E-state index in [4.69, 9.17) is 5.73 Å². The number of nitrogens with two attached hydrogens (primary N) is 1. The van der Waals surface area contributed by atoms with Crippen molar-refractivity contribution < 1.29 is 0 Å². The first-order valence-electron chi connectivity index (χ1n) is 8.81. The smallest absolute Gasteiger partial charge is 0.0337 e. The molecule has 0 aromatic rings. The Balaban J connectivity index is 2.81. The van der Waals surface area contributed by atoms with Gasteiger partial charge in [-0.3, -0.25) is 9.80 Å². The maximum Gasteiger partial charge on any atom is 0.0337 e. The lowest BCUT2D eigenvalue weighted by Gasteiger charge is -2.51. The van der Waals surface area contributed by atoms with E-state index in [0.717, 1.165) is 19.6 Å². The summed E-state index contributed by atoms with van der Waals surface area (Å²) in [6.07, 6.45) is 2.44. The van der Waals surface area contributed by atoms with E-state index in [1.54, 1.807) is 0 Å². The highest BCUT2D eigenvalue weighted by Crippen LogP contribution is 2.32. The molecule has 0 aromatic carbocycles. The number of nitrogens with zero attached hydrogens (tertiary/aromatic N) is 2. The van der Waals surface area contributed by atoms with Crippen LogP contribution in [0, 0.1) is 11.8 Å². The fourth-order valence-electron chi connectivity index (χ4n) is 4.01. The van der Waals surface area contributed by atoms with Crippen LogP contribution in [0.15, 0.2) is 0 Å². The van der Waals surface area contributed by atoms with Gasteiger partial charge in [-0.15, -0.1) is 0 Å². The minimum absolute atomic E-state index is 0.201. The zero-order valence-electron chi connectivity index (χ0n) is 15.6. The summed E-state index contributed by atoms with van der Waals surface area (Å²) < 4.78 is 0. The summed E-state index contributed by atoms with van der Waals surface area (Å²) in [5.74, 6) is 1.40. The predicted octanol–water partition coefficient (Wildman–Crippen LogP) is 3.19. The quantitative estimate of drug-likeness (QED) is 0.817. The van der Waals surface area contributed by atoms with Crippen LogP contribution in [0.5, 0.6) is 0 Å². The van der Waals surface area contributed by atoms with Crippen LogP contribution in [0.2, 0.25) is 0 Å². The Morgan fingerprint density at radius 1 is 0.810 bits per heavy atom. The Morgan fingerprint density at radius 2 is 1.19 bits per heavy atom. The maximum atomic E-state index is 6.30. The fraction of sp³-hybridized carbons (Fsp3) is 1.00. The Bertz CT molecular complexity index is 286. The molecule has 0 unspecified atom stereocenters. The van der Waals surface area contributed by atoms with Crippen LogP contribution in [0.4, 0.5) is 0 Å². The van der Waals surface area contributed by atoms with Crippen LogP contribution >= 0.6 is 0 Å². The van der Waals surface area contributed by atoms with E-state index in [0.29, 0.717) is 11.8 Å². The number of hydrogen-bond donors (Lipinski definition) is 1. The summed E-state index contributed by atoms with van der Waals surface area (Å²) in [6, 6.07) is 0. The first-order chi connectivity index (χ1) is 9.60. The van der Waals surface area contributed by atoms with E-state index in [2.05, 4.69) is 58.3 Å². The minimum Gasteiger partial charge on any atom is -0.329 e. The first-order valence-corrected chi connectivity index (χ1v) is 8.81. The van der Waals surface area contributed by atoms with Gasteiger partial charge in [0, 0.05) is 43.8 Å². The van der Waals surface area contributed by atoms with Crippen molar-refractivity contribution in [3.05, 3.63) is 0 Å². The Morgan fingerprint density at radius 3 is 1.48 bits per heavy atom. The molecule has 3 heteroatoms. The van der Waals surface area contributed by atoms with Gasteiger partial charge in [0.2, 0.25) is 0 Å². The molecule has 0 atom stereocenters. The standard InChI is InChI=1S/C18H39N3/c1-15(2)12-18(14-19,13-16(3)4)21-10-8-20(9-11-21)17(5,6)7/h15-16H,8-14,19H2,1-7H3. The molecule has 21 heavy (non-hydrogen) atoms. The summed E-state index contributed by atoms with van der Waals surface area (Å²) in [4.78, 5) is 5.31. The summed E-state index contributed by atoms with van der Waals surface area (Å²) >= 11 is 0. The SMILES string of the molecule is CC(C)CC(CN)(CC(C)C)N1CCN(C(C)(C)C)CC1. The van der Waals surface area contributed by atoms with Crippen LogP contribution in [0.1, 0.15) is 61.3 Å². The van der Waals surface area contributed by atoms with Crippen LogP contribution in [0.3, 0.4) is 0 Å². The molecule has 0 amide bonds. The van der Waals surface area contributed by atoms with E-state index in [9.17, 15) is 0 Å². The number of piperazine rings is 1. The largest absolute Gasteiger partial charge is 0.329 e. The van der Waals surface area contributed by atoms with Gasteiger partial charge in [-0.05, 0) is 45.4 Å². The molecule has 0 aliphatic carbocycles. The highest BCUT2D eigenvalue weighted by atomic mass is 15.3. The molecule has 1 saturated heterocycles. The average molecular weight is 298 g/mol. The normalized spacial score (nSPS) is 19.7. The third-order valence-electron chi connectivity index (χ3n) is 4.86. The molecule has 126 valence electrons. The first kappa shape index (κ1) is 18.9. The van der Waals surface area contributed by atoms with Crippen LogP contribution in [-0.4, -0.2) is 53.6 Å². The zero-order chi connectivity index (χ0) is 16.3. The lowest BCUT2D eigenvalue weighted by atomic mass is 9.80. The second-order valence-corrected chi connectivity index (χ2v) is 8.77. The fourth-order valence-corrected chi connectivity index (χ4v) is 4.01. The molecule has 3 nitrogen and oxygen atoms in total. The zero-order valence-corrected chi connectivity index (χ0v) is 15.6. The lowest BCUT2D eigenvalue weighted by Crippen LogP contribution is -2.63. The van der Waals surface area contributed by atoms with Crippen molar-refractivity contribution in [3.63, 3.8) is 0 Å². The Kier molecular flexibility index (Phi) is 6.70. The molecule has 0 bridgehead atoms. The van der Waals surface area contributed by atoms with Gasteiger partial charge in [0.15, 0.2) is 0 Å². The molecule has 0 aromatic heterocycles. The summed E-state index contributed by atoms with van der Waals surface area (Å²) in [5.41, 5.74) is 6.79. The number of hydrogen-bond acceptors (Lipinski definition) is 3. The highest BCUT2D eigenvalue weighted by molar-refractivity contribution is 4.96. The van der Waals surface area contributed by atoms with Crippen molar-refractivity contribution in [3.8, 4) is 0 Å². The van der Waals surface area contributed by atoms with Gasteiger partial charge in [0.05, 0.1) is 0 Å². The van der Waals surface area contributed by atoms with Gasteiger partial charge in [0.25, 0.3) is 0 Å². The van der Waals surface area contributed by atoms with Crippen molar-refractivity contribution >= 4 is 0 Å². The highest BCUT2D eigenvalue weighted by Gasteiger charge is 2.39. The summed E-state index contributed by atoms with van der Waals surface area (Å²) in [6.45, 7) is 21.7. The Hall–Kier alpha value is -0.120. The van der Waals surface area contributed by atoms with Gasteiger partial charge in [-0.25, -0.2) is 0 Å². The van der Waals surface area contributed by atoms with Crippen LogP contribution in [-0.2, 0) is 0 Å². The van der Waals surface area contributed by atoms with Crippen molar-refractivity contribution in [1.82, 2.24) is 9.80 Å². The van der Waals surface area contributed by atoms with Crippen molar-refractivity contribution in [2.75, 3.05) is 32.7 Å². The van der Waals surface area contributed by atoms with Crippen molar-refractivity contribution in [1.29, 1.82) is 0 Å².